The van der Waals surface area contributed by atoms with Crippen LogP contribution in [-0.4, -0.2) is 66.3 Å². The number of aliphatic hydroxyl groups is 2. The SMILES string of the molecule is CO[C@H]1C(C(C)O)O[C@@H](c2nc(C)nn2-c2cc(Cl)ccc2C2CC2)C(O)C1n1cc(-c2ccc(Cl)c(F)c2F)cn1. The predicted octanol–water partition coefficient (Wildman–Crippen LogP) is 5.34. The van der Waals surface area contributed by atoms with E-state index in [1.807, 2.05) is 18.2 Å². The second kappa shape index (κ2) is 11.3. The lowest BCUT2D eigenvalue weighted by Crippen LogP contribution is -2.56. The Morgan fingerprint density at radius 3 is 2.60 bits per heavy atom. The van der Waals surface area contributed by atoms with Gasteiger partial charge in [-0.05, 0) is 62.4 Å². The summed E-state index contributed by atoms with van der Waals surface area (Å²) in [5.41, 5.74) is 2.00. The van der Waals surface area contributed by atoms with Gasteiger partial charge in [-0.25, -0.2) is 18.4 Å². The van der Waals surface area contributed by atoms with Crippen molar-refractivity contribution in [1.29, 1.82) is 0 Å². The van der Waals surface area contributed by atoms with Crippen molar-refractivity contribution in [2.45, 2.75) is 69.2 Å². The fraction of sp³-hybridized carbons (Fsp3) is 0.414. The molecule has 0 amide bonds. The molecule has 0 spiro atoms. The van der Waals surface area contributed by atoms with Crippen LogP contribution in [0.25, 0.3) is 16.8 Å². The quantitative estimate of drug-likeness (QED) is 0.269. The molecule has 1 aliphatic heterocycles. The molecular weight excluding hydrogens is 591 g/mol. The van der Waals surface area contributed by atoms with Gasteiger partial charge in [-0.3, -0.25) is 4.68 Å². The fourth-order valence-corrected chi connectivity index (χ4v) is 6.01. The van der Waals surface area contributed by atoms with Crippen molar-refractivity contribution in [2.75, 3.05) is 7.11 Å². The maximum Gasteiger partial charge on any atom is 0.178 e. The van der Waals surface area contributed by atoms with Crippen LogP contribution in [0.1, 0.15) is 55.0 Å². The number of hydrogen-bond acceptors (Lipinski definition) is 7. The third-order valence-corrected chi connectivity index (χ3v) is 8.38. The highest BCUT2D eigenvalue weighted by Crippen LogP contribution is 2.45. The Balaban J connectivity index is 1.44. The van der Waals surface area contributed by atoms with Gasteiger partial charge < -0.3 is 19.7 Å². The molecule has 9 nitrogen and oxygen atoms in total. The van der Waals surface area contributed by atoms with E-state index in [-0.39, 0.29) is 16.1 Å². The predicted molar refractivity (Wildman–Crippen MR) is 151 cm³/mol. The van der Waals surface area contributed by atoms with Gasteiger partial charge in [-0.1, -0.05) is 29.3 Å². The van der Waals surface area contributed by atoms with E-state index in [4.69, 9.17) is 32.7 Å². The summed E-state index contributed by atoms with van der Waals surface area (Å²) in [5.74, 6) is -1.16. The standard InChI is InChI=1S/C29H29Cl2F2N5O4/c1-13(39)26-27(41-3)24(37-12-16(11-34-37)19-8-9-20(31)23(33)22(19)32)25(40)28(42-26)29-35-14(2)36-38(29)21-10-17(30)6-7-18(21)15-4-5-15/h6-13,15,24-28,39-40H,4-5H2,1-3H3/t13?,24?,25?,26?,27-,28-/m1/s1. The molecule has 1 aliphatic carbocycles. The van der Waals surface area contributed by atoms with E-state index >= 15 is 0 Å². The number of hydrogen-bond donors (Lipinski definition) is 2. The Kier molecular flexibility index (Phi) is 7.84. The Labute approximate surface area is 250 Å². The second-order valence-corrected chi connectivity index (χ2v) is 11.6. The van der Waals surface area contributed by atoms with Gasteiger partial charge in [0.25, 0.3) is 0 Å². The number of halogens is 4. The van der Waals surface area contributed by atoms with Crippen molar-refractivity contribution in [3.63, 3.8) is 0 Å². The van der Waals surface area contributed by atoms with Crippen molar-refractivity contribution in [2.24, 2.45) is 0 Å². The third-order valence-electron chi connectivity index (χ3n) is 7.86. The molecule has 6 rings (SSSR count). The number of ether oxygens (including phenoxy) is 2. The van der Waals surface area contributed by atoms with Gasteiger partial charge in [0.05, 0.1) is 23.0 Å². The molecule has 42 heavy (non-hydrogen) atoms. The van der Waals surface area contributed by atoms with E-state index in [9.17, 15) is 19.0 Å². The smallest absolute Gasteiger partial charge is 0.178 e. The molecule has 2 aromatic heterocycles. The van der Waals surface area contributed by atoms with Crippen LogP contribution >= 0.6 is 23.2 Å². The summed E-state index contributed by atoms with van der Waals surface area (Å²) in [6.07, 6.45) is -0.279. The summed E-state index contributed by atoms with van der Waals surface area (Å²) in [7, 11) is 1.43. The molecule has 2 aromatic carbocycles. The van der Waals surface area contributed by atoms with Crippen LogP contribution in [0, 0.1) is 18.6 Å². The lowest BCUT2D eigenvalue weighted by atomic mass is 9.89. The molecule has 2 aliphatic rings. The van der Waals surface area contributed by atoms with Crippen molar-refractivity contribution in [1.82, 2.24) is 24.5 Å². The van der Waals surface area contributed by atoms with E-state index in [2.05, 4.69) is 15.2 Å². The van der Waals surface area contributed by atoms with Crippen LogP contribution in [0.2, 0.25) is 10.0 Å². The molecule has 2 N–H and O–H groups in total. The minimum atomic E-state index is -1.31. The van der Waals surface area contributed by atoms with Gasteiger partial charge in [-0.2, -0.15) is 10.2 Å². The zero-order valence-electron chi connectivity index (χ0n) is 23.0. The van der Waals surface area contributed by atoms with Crippen molar-refractivity contribution >= 4 is 23.2 Å². The molecule has 4 unspecified atom stereocenters. The summed E-state index contributed by atoms with van der Waals surface area (Å²) in [4.78, 5) is 4.63. The largest absolute Gasteiger partial charge is 0.391 e. The highest BCUT2D eigenvalue weighted by molar-refractivity contribution is 6.31. The Morgan fingerprint density at radius 2 is 1.90 bits per heavy atom. The first-order valence-electron chi connectivity index (χ1n) is 13.5. The zero-order valence-corrected chi connectivity index (χ0v) is 24.5. The van der Waals surface area contributed by atoms with E-state index in [0.717, 1.165) is 24.1 Å². The van der Waals surface area contributed by atoms with E-state index in [1.54, 1.807) is 18.5 Å². The third kappa shape index (κ3) is 5.12. The van der Waals surface area contributed by atoms with E-state index < -0.39 is 48.2 Å². The molecule has 222 valence electrons. The van der Waals surface area contributed by atoms with Gasteiger partial charge in [0.1, 0.15) is 36.3 Å². The molecule has 1 saturated carbocycles. The fourth-order valence-electron chi connectivity index (χ4n) is 5.70. The minimum Gasteiger partial charge on any atom is -0.391 e. The number of aliphatic hydroxyl groups excluding tert-OH is 2. The number of nitrogens with zero attached hydrogens (tertiary/aromatic N) is 5. The maximum absolute atomic E-state index is 14.7. The summed E-state index contributed by atoms with van der Waals surface area (Å²) in [6.45, 7) is 3.29. The number of rotatable bonds is 7. The van der Waals surface area contributed by atoms with Crippen molar-refractivity contribution in [3.8, 4) is 16.8 Å². The first kappa shape index (κ1) is 29.2. The average Bonchev–Trinajstić information content (AvgIpc) is 3.56. The summed E-state index contributed by atoms with van der Waals surface area (Å²) in [6, 6.07) is 7.31. The van der Waals surface area contributed by atoms with Crippen LogP contribution in [-0.2, 0) is 9.47 Å². The van der Waals surface area contributed by atoms with Crippen LogP contribution in [0.4, 0.5) is 8.78 Å². The average molecular weight is 620 g/mol. The molecular formula is C29H29Cl2F2N5O4. The van der Waals surface area contributed by atoms with Gasteiger partial charge in [0.15, 0.2) is 17.5 Å². The lowest BCUT2D eigenvalue weighted by molar-refractivity contribution is -0.230. The number of aromatic nitrogens is 5. The van der Waals surface area contributed by atoms with Crippen LogP contribution in [0.5, 0.6) is 0 Å². The van der Waals surface area contributed by atoms with Gasteiger partial charge in [0, 0.05) is 29.5 Å². The Bertz CT molecular complexity index is 1630. The topological polar surface area (TPSA) is 107 Å². The van der Waals surface area contributed by atoms with Crippen molar-refractivity contribution in [3.05, 3.63) is 81.6 Å². The number of benzene rings is 2. The lowest BCUT2D eigenvalue weighted by Gasteiger charge is -2.45. The second-order valence-electron chi connectivity index (χ2n) is 10.8. The Morgan fingerprint density at radius 1 is 1.14 bits per heavy atom. The van der Waals surface area contributed by atoms with Gasteiger partial charge in [0.2, 0.25) is 0 Å². The van der Waals surface area contributed by atoms with Crippen LogP contribution < -0.4 is 0 Å². The molecule has 2 fully saturated rings. The molecule has 3 heterocycles. The molecule has 4 aromatic rings. The summed E-state index contributed by atoms with van der Waals surface area (Å²) < 4.78 is 44.1. The molecule has 6 atom stereocenters. The van der Waals surface area contributed by atoms with Gasteiger partial charge >= 0.3 is 0 Å². The highest BCUT2D eigenvalue weighted by atomic mass is 35.5. The van der Waals surface area contributed by atoms with Gasteiger partial charge in [-0.15, -0.1) is 0 Å². The van der Waals surface area contributed by atoms with Crippen LogP contribution in [0.15, 0.2) is 42.7 Å². The first-order chi connectivity index (χ1) is 20.1. The molecule has 13 heteroatoms. The normalized spacial score (nSPS) is 25.1. The van der Waals surface area contributed by atoms with E-state index in [1.165, 1.54) is 36.3 Å². The van der Waals surface area contributed by atoms with Crippen molar-refractivity contribution < 1.29 is 28.5 Å². The molecule has 0 radical (unpaired) electrons. The molecule has 1 saturated heterocycles. The number of methoxy groups -OCH3 is 1. The summed E-state index contributed by atoms with van der Waals surface area (Å²) >= 11 is 12.1. The minimum absolute atomic E-state index is 0.0498. The first-order valence-corrected chi connectivity index (χ1v) is 14.3. The maximum atomic E-state index is 14.7. The van der Waals surface area contributed by atoms with E-state index in [0.29, 0.717) is 22.6 Å². The van der Waals surface area contributed by atoms with Crippen LogP contribution in [0.3, 0.4) is 0 Å². The summed E-state index contributed by atoms with van der Waals surface area (Å²) in [5, 5.41) is 31.8. The highest BCUT2D eigenvalue weighted by Gasteiger charge is 2.51. The monoisotopic (exact) mass is 619 g/mol. The number of aryl methyl sites for hydroxylation is 1. The molecule has 0 bridgehead atoms. The Hall–Kier alpha value is -2.93. The zero-order chi connectivity index (χ0) is 29.9.